The van der Waals surface area contributed by atoms with Crippen molar-refractivity contribution >= 4 is 17.8 Å². The lowest BCUT2D eigenvalue weighted by atomic mass is 9.74. The van der Waals surface area contributed by atoms with E-state index in [1.54, 1.807) is 7.05 Å². The summed E-state index contributed by atoms with van der Waals surface area (Å²) >= 11 is 0. The summed E-state index contributed by atoms with van der Waals surface area (Å²) < 4.78 is 0. The standard InChI is InChI=1S/C23H39N5O2/c1-28-21(30)23(27-22(28)24,12-10-16-6-3-2-4-7-16)15-17-8-5-9-18(14-17)26-19-11-13-25-20(19)29/h16-19,26H,2-15H2,1H3,(H2,24,27)(H,25,29)/t17-,18?,19+,23+/m0/s1. The molecule has 0 radical (unpaired) electrons. The van der Waals surface area contributed by atoms with E-state index in [0.29, 0.717) is 12.0 Å². The minimum absolute atomic E-state index is 0.0560. The second-order valence-corrected chi connectivity index (χ2v) is 10.2. The summed E-state index contributed by atoms with van der Waals surface area (Å²) in [7, 11) is 1.73. The Labute approximate surface area is 180 Å². The summed E-state index contributed by atoms with van der Waals surface area (Å²) in [6, 6.07) is 0.293. The van der Waals surface area contributed by atoms with Gasteiger partial charge in [-0.15, -0.1) is 0 Å². The number of hydrogen-bond acceptors (Lipinski definition) is 4. The summed E-state index contributed by atoms with van der Waals surface area (Å²) in [6.07, 6.45) is 14.5. The van der Waals surface area contributed by atoms with Crippen LogP contribution < -0.4 is 16.0 Å². The van der Waals surface area contributed by atoms with Crippen LogP contribution in [-0.2, 0) is 9.59 Å². The molecule has 2 aliphatic carbocycles. The van der Waals surface area contributed by atoms with Gasteiger partial charge in [-0.25, -0.2) is 0 Å². The lowest BCUT2D eigenvalue weighted by Gasteiger charge is -2.37. The molecule has 4 aliphatic rings. The first-order valence-electron chi connectivity index (χ1n) is 12.2. The minimum Gasteiger partial charge on any atom is -0.355 e. The van der Waals surface area contributed by atoms with Crippen LogP contribution in [0.4, 0.5) is 0 Å². The van der Waals surface area contributed by atoms with Crippen LogP contribution in [-0.4, -0.2) is 53.9 Å². The first-order valence-corrected chi connectivity index (χ1v) is 12.2. The Hall–Kier alpha value is -1.63. The first-order chi connectivity index (χ1) is 14.5. The zero-order valence-electron chi connectivity index (χ0n) is 18.5. The molecule has 168 valence electrons. The number of rotatable bonds is 7. The molecule has 2 saturated heterocycles. The molecule has 4 rings (SSSR count). The van der Waals surface area contributed by atoms with Crippen LogP contribution in [0.5, 0.6) is 0 Å². The van der Waals surface area contributed by atoms with Gasteiger partial charge in [0.2, 0.25) is 5.91 Å². The molecule has 1 unspecified atom stereocenters. The Balaban J connectivity index is 1.40. The number of amides is 2. The molecule has 2 aliphatic heterocycles. The Morgan fingerprint density at radius 2 is 1.83 bits per heavy atom. The van der Waals surface area contributed by atoms with Crippen molar-refractivity contribution in [3.63, 3.8) is 0 Å². The summed E-state index contributed by atoms with van der Waals surface area (Å²) in [5, 5.41) is 18.0. The van der Waals surface area contributed by atoms with Gasteiger partial charge in [-0.3, -0.25) is 19.9 Å². The average molecular weight is 418 g/mol. The Morgan fingerprint density at radius 1 is 1.07 bits per heavy atom. The van der Waals surface area contributed by atoms with E-state index in [2.05, 4.69) is 16.0 Å². The summed E-state index contributed by atoms with van der Waals surface area (Å²) in [5.74, 6) is 1.63. The number of carbonyl (C=O) groups is 2. The van der Waals surface area contributed by atoms with Crippen LogP contribution in [0.25, 0.3) is 0 Å². The summed E-state index contributed by atoms with van der Waals surface area (Å²) in [4.78, 5) is 26.7. The normalized spacial score (nSPS) is 35.6. The molecular formula is C23H39N5O2. The van der Waals surface area contributed by atoms with E-state index in [0.717, 1.165) is 63.8 Å². The molecule has 7 heteroatoms. The largest absolute Gasteiger partial charge is 0.355 e. The molecule has 30 heavy (non-hydrogen) atoms. The van der Waals surface area contributed by atoms with Gasteiger partial charge in [0.15, 0.2) is 5.96 Å². The summed E-state index contributed by atoms with van der Waals surface area (Å²) in [6.45, 7) is 0.768. The molecule has 0 aromatic rings. The monoisotopic (exact) mass is 417 g/mol. The summed E-state index contributed by atoms with van der Waals surface area (Å²) in [5.41, 5.74) is -0.611. The topological polar surface area (TPSA) is 97.3 Å². The van der Waals surface area contributed by atoms with Crippen LogP contribution in [0.2, 0.25) is 0 Å². The smallest absolute Gasteiger partial charge is 0.254 e. The predicted molar refractivity (Wildman–Crippen MR) is 117 cm³/mol. The lowest BCUT2D eigenvalue weighted by Crippen LogP contribution is -2.50. The van der Waals surface area contributed by atoms with E-state index < -0.39 is 5.54 Å². The number of nitrogens with zero attached hydrogens (tertiary/aromatic N) is 1. The fraction of sp³-hybridized carbons (Fsp3) is 0.870. The maximum atomic E-state index is 13.2. The van der Waals surface area contributed by atoms with Crippen molar-refractivity contribution < 1.29 is 9.59 Å². The minimum atomic E-state index is -0.611. The molecule has 2 saturated carbocycles. The van der Waals surface area contributed by atoms with E-state index in [-0.39, 0.29) is 23.8 Å². The third kappa shape index (κ3) is 4.66. The second kappa shape index (κ2) is 9.25. The van der Waals surface area contributed by atoms with Crippen LogP contribution in [0.3, 0.4) is 0 Å². The van der Waals surface area contributed by atoms with Crippen molar-refractivity contribution in [1.82, 2.24) is 20.9 Å². The fourth-order valence-electron chi connectivity index (χ4n) is 6.28. The number of likely N-dealkylation sites (N-methyl/N-ethyl adjacent to an activating group) is 1. The number of guanidine groups is 1. The third-order valence-corrected chi connectivity index (χ3v) is 8.02. The number of hydrogen-bond donors (Lipinski definition) is 4. The number of nitrogens with one attached hydrogen (secondary N) is 4. The molecule has 7 nitrogen and oxygen atoms in total. The van der Waals surface area contributed by atoms with Gasteiger partial charge in [0.1, 0.15) is 5.54 Å². The van der Waals surface area contributed by atoms with E-state index in [9.17, 15) is 9.59 Å². The molecule has 2 amide bonds. The zero-order valence-corrected chi connectivity index (χ0v) is 18.5. The van der Waals surface area contributed by atoms with Gasteiger partial charge in [0.25, 0.3) is 5.91 Å². The van der Waals surface area contributed by atoms with Crippen LogP contribution in [0, 0.1) is 17.2 Å². The van der Waals surface area contributed by atoms with E-state index in [4.69, 9.17) is 5.41 Å². The van der Waals surface area contributed by atoms with Crippen molar-refractivity contribution in [2.24, 2.45) is 11.8 Å². The van der Waals surface area contributed by atoms with Gasteiger partial charge in [-0.05, 0) is 50.4 Å². The fourth-order valence-corrected chi connectivity index (χ4v) is 6.28. The van der Waals surface area contributed by atoms with Crippen LogP contribution >= 0.6 is 0 Å². The highest BCUT2D eigenvalue weighted by atomic mass is 16.2. The van der Waals surface area contributed by atoms with Gasteiger partial charge >= 0.3 is 0 Å². The number of carbonyl (C=O) groups excluding carboxylic acids is 2. The van der Waals surface area contributed by atoms with Crippen molar-refractivity contribution in [2.75, 3.05) is 13.6 Å². The van der Waals surface area contributed by atoms with Crippen molar-refractivity contribution in [1.29, 1.82) is 5.41 Å². The van der Waals surface area contributed by atoms with E-state index >= 15 is 0 Å². The Kier molecular flexibility index (Phi) is 6.66. The molecule has 0 aromatic carbocycles. The molecular weight excluding hydrogens is 378 g/mol. The molecule has 4 N–H and O–H groups in total. The maximum Gasteiger partial charge on any atom is 0.254 e. The van der Waals surface area contributed by atoms with Gasteiger partial charge in [0.05, 0.1) is 6.04 Å². The molecule has 2 heterocycles. The van der Waals surface area contributed by atoms with Gasteiger partial charge in [-0.2, -0.15) is 0 Å². The van der Waals surface area contributed by atoms with Crippen molar-refractivity contribution in [3.8, 4) is 0 Å². The highest BCUT2D eigenvalue weighted by Crippen LogP contribution is 2.38. The second-order valence-electron chi connectivity index (χ2n) is 10.2. The average Bonchev–Trinajstić information content (AvgIpc) is 3.24. The predicted octanol–water partition coefficient (Wildman–Crippen LogP) is 2.51. The Morgan fingerprint density at radius 3 is 2.50 bits per heavy atom. The maximum absolute atomic E-state index is 13.2. The SMILES string of the molecule is CN1C(=N)N[C@](CCC2CCCCC2)(C[C@H]2CCCC(N[C@@H]3CCNC3=O)C2)C1=O. The first kappa shape index (κ1) is 21.6. The van der Waals surface area contributed by atoms with Crippen LogP contribution in [0.15, 0.2) is 0 Å². The van der Waals surface area contributed by atoms with E-state index in [1.807, 2.05) is 0 Å². The lowest BCUT2D eigenvalue weighted by molar-refractivity contribution is -0.131. The Bertz CT molecular complexity index is 662. The molecule has 4 atom stereocenters. The van der Waals surface area contributed by atoms with Crippen molar-refractivity contribution in [2.45, 2.75) is 101 Å². The highest BCUT2D eigenvalue weighted by molar-refractivity contribution is 6.07. The third-order valence-electron chi connectivity index (χ3n) is 8.02. The van der Waals surface area contributed by atoms with Gasteiger partial charge in [-0.1, -0.05) is 44.9 Å². The molecule has 4 fully saturated rings. The quantitative estimate of drug-likeness (QED) is 0.512. The molecule has 0 aromatic heterocycles. The van der Waals surface area contributed by atoms with Gasteiger partial charge in [0, 0.05) is 19.6 Å². The highest BCUT2D eigenvalue weighted by Gasteiger charge is 2.49. The van der Waals surface area contributed by atoms with E-state index in [1.165, 1.54) is 37.0 Å². The van der Waals surface area contributed by atoms with Crippen molar-refractivity contribution in [3.05, 3.63) is 0 Å². The zero-order chi connectivity index (χ0) is 21.1. The van der Waals surface area contributed by atoms with Crippen LogP contribution in [0.1, 0.15) is 83.5 Å². The molecule has 0 bridgehead atoms. The molecule has 0 spiro atoms. The van der Waals surface area contributed by atoms with Gasteiger partial charge < -0.3 is 16.0 Å².